The molecule has 0 unspecified atom stereocenters. The number of nitrogens with zero attached hydrogens (tertiary/aromatic N) is 4. The number of hydrogen-bond donors (Lipinski definition) is 1. The van der Waals surface area contributed by atoms with Gasteiger partial charge >= 0.3 is 0 Å². The Labute approximate surface area is 161 Å². The average Bonchev–Trinajstić information content (AvgIpc) is 3.02. The molecule has 0 fully saturated rings. The molecule has 140 valence electrons. The van der Waals surface area contributed by atoms with Crippen molar-refractivity contribution in [2.45, 2.75) is 33.0 Å². The van der Waals surface area contributed by atoms with Gasteiger partial charge in [-0.25, -0.2) is 4.98 Å². The lowest BCUT2D eigenvalue weighted by Gasteiger charge is -2.24. The molecule has 0 radical (unpaired) electrons. The van der Waals surface area contributed by atoms with Gasteiger partial charge in [0.1, 0.15) is 5.82 Å². The molecule has 27 heavy (non-hydrogen) atoms. The third kappa shape index (κ3) is 4.74. The topological polar surface area (TPSA) is 46.0 Å². The highest BCUT2D eigenvalue weighted by Gasteiger charge is 2.21. The fourth-order valence-corrected chi connectivity index (χ4v) is 3.86. The molecule has 0 saturated heterocycles. The smallest absolute Gasteiger partial charge is 0.125 e. The number of anilines is 1. The summed E-state index contributed by atoms with van der Waals surface area (Å²) < 4.78 is 2.41. The summed E-state index contributed by atoms with van der Waals surface area (Å²) in [6, 6.07) is 16.7. The van der Waals surface area contributed by atoms with Crippen LogP contribution in [0.25, 0.3) is 0 Å². The molecule has 0 aromatic carbocycles. The van der Waals surface area contributed by atoms with Crippen LogP contribution in [0.15, 0.2) is 60.9 Å². The first-order chi connectivity index (χ1) is 13.3. The molecule has 3 aromatic heterocycles. The van der Waals surface area contributed by atoms with Crippen molar-refractivity contribution in [2.24, 2.45) is 5.92 Å². The lowest BCUT2D eigenvalue weighted by Crippen LogP contribution is -2.29. The highest BCUT2D eigenvalue weighted by molar-refractivity contribution is 5.32. The molecule has 0 aliphatic carbocycles. The van der Waals surface area contributed by atoms with Crippen molar-refractivity contribution in [3.63, 3.8) is 0 Å². The summed E-state index contributed by atoms with van der Waals surface area (Å²) in [6.45, 7) is 7.03. The van der Waals surface area contributed by atoms with E-state index in [1.165, 1.54) is 5.69 Å². The van der Waals surface area contributed by atoms with E-state index < -0.39 is 0 Å². The summed E-state index contributed by atoms with van der Waals surface area (Å²) in [4.78, 5) is 11.6. The number of pyridine rings is 2. The van der Waals surface area contributed by atoms with Gasteiger partial charge in [0.15, 0.2) is 0 Å². The second-order valence-corrected chi connectivity index (χ2v) is 7.39. The number of hydrogen-bond acceptors (Lipinski definition) is 4. The molecule has 0 saturated carbocycles. The highest BCUT2D eigenvalue weighted by atomic mass is 15.2. The number of aromatic nitrogens is 3. The minimum Gasteiger partial charge on any atom is -0.370 e. The lowest BCUT2D eigenvalue weighted by molar-refractivity contribution is 0.215. The summed E-state index contributed by atoms with van der Waals surface area (Å²) in [7, 11) is 0. The van der Waals surface area contributed by atoms with E-state index in [4.69, 9.17) is 4.98 Å². The second kappa shape index (κ2) is 8.35. The fourth-order valence-electron chi connectivity index (χ4n) is 3.86. The van der Waals surface area contributed by atoms with E-state index in [1.807, 2.05) is 24.4 Å². The molecular weight excluding hydrogens is 334 g/mol. The van der Waals surface area contributed by atoms with Gasteiger partial charge in [0.2, 0.25) is 0 Å². The zero-order chi connectivity index (χ0) is 18.5. The first-order valence-corrected chi connectivity index (χ1v) is 9.70. The third-order valence-electron chi connectivity index (χ3n) is 5.14. The van der Waals surface area contributed by atoms with Gasteiger partial charge in [-0.15, -0.1) is 0 Å². The van der Waals surface area contributed by atoms with Crippen LogP contribution in [-0.2, 0) is 19.6 Å². The van der Waals surface area contributed by atoms with Crippen LogP contribution >= 0.6 is 0 Å². The van der Waals surface area contributed by atoms with Gasteiger partial charge in [-0.05, 0) is 55.7 Å². The van der Waals surface area contributed by atoms with Gasteiger partial charge in [-0.3, -0.25) is 9.88 Å². The molecule has 5 nitrogen and oxygen atoms in total. The van der Waals surface area contributed by atoms with Crippen molar-refractivity contribution < 1.29 is 0 Å². The van der Waals surface area contributed by atoms with E-state index in [0.29, 0.717) is 5.92 Å². The number of aryl methyl sites for hydroxylation is 1. The Balaban J connectivity index is 1.42. The summed E-state index contributed by atoms with van der Waals surface area (Å²) in [5.74, 6) is 1.55. The number of rotatable bonds is 6. The normalized spacial score (nSPS) is 17.3. The van der Waals surface area contributed by atoms with Gasteiger partial charge < -0.3 is 9.88 Å². The highest BCUT2D eigenvalue weighted by Crippen LogP contribution is 2.21. The largest absolute Gasteiger partial charge is 0.370 e. The first kappa shape index (κ1) is 17.7. The van der Waals surface area contributed by atoms with Gasteiger partial charge in [0.25, 0.3) is 0 Å². The Bertz CT molecular complexity index is 858. The van der Waals surface area contributed by atoms with Crippen molar-refractivity contribution in [1.29, 1.82) is 0 Å². The molecule has 3 aromatic rings. The predicted molar refractivity (Wildman–Crippen MR) is 108 cm³/mol. The summed E-state index contributed by atoms with van der Waals surface area (Å²) in [6.07, 6.45) is 5.16. The maximum atomic E-state index is 4.70. The lowest BCUT2D eigenvalue weighted by atomic mass is 10.0. The predicted octanol–water partition coefficient (Wildman–Crippen LogP) is 3.72. The average molecular weight is 361 g/mol. The Morgan fingerprint density at radius 1 is 1.07 bits per heavy atom. The Kier molecular flexibility index (Phi) is 5.49. The van der Waals surface area contributed by atoms with Crippen molar-refractivity contribution in [1.82, 2.24) is 19.4 Å². The molecule has 0 amide bonds. The molecular formula is C22H27N5. The minimum absolute atomic E-state index is 0.597. The summed E-state index contributed by atoms with van der Waals surface area (Å²) >= 11 is 0. The molecule has 4 rings (SSSR count). The van der Waals surface area contributed by atoms with E-state index in [-0.39, 0.29) is 0 Å². The van der Waals surface area contributed by atoms with Crippen LogP contribution in [0.4, 0.5) is 5.82 Å². The van der Waals surface area contributed by atoms with Crippen molar-refractivity contribution in [3.05, 3.63) is 78.0 Å². The quantitative estimate of drug-likeness (QED) is 0.727. The zero-order valence-corrected chi connectivity index (χ0v) is 15.9. The molecule has 1 aliphatic heterocycles. The number of fused-ring (bicyclic) bond motifs is 1. The van der Waals surface area contributed by atoms with E-state index in [1.54, 1.807) is 0 Å². The maximum absolute atomic E-state index is 4.70. The van der Waals surface area contributed by atoms with Crippen LogP contribution in [0.3, 0.4) is 0 Å². The van der Waals surface area contributed by atoms with Gasteiger partial charge in [-0.1, -0.05) is 12.1 Å². The molecule has 0 bridgehead atoms. The Morgan fingerprint density at radius 2 is 2.04 bits per heavy atom. The molecule has 1 atom stereocenters. The van der Waals surface area contributed by atoms with E-state index in [0.717, 1.165) is 56.4 Å². The van der Waals surface area contributed by atoms with E-state index in [2.05, 4.69) is 63.2 Å². The standard InChI is InChI=1S/C22H27N5/c1-18-6-4-7-20(25-18)16-26-14-19(15-27-13-5-8-21(27)17-26)10-12-24-22-9-2-3-11-23-22/h2-9,11,13,19H,10,12,14-17H2,1H3,(H,23,24)/t19-/m1/s1. The molecule has 1 aliphatic rings. The minimum atomic E-state index is 0.597. The monoisotopic (exact) mass is 361 g/mol. The van der Waals surface area contributed by atoms with Gasteiger partial charge in [0, 0.05) is 56.5 Å². The zero-order valence-electron chi connectivity index (χ0n) is 15.9. The van der Waals surface area contributed by atoms with Crippen LogP contribution < -0.4 is 5.32 Å². The molecule has 1 N–H and O–H groups in total. The summed E-state index contributed by atoms with van der Waals surface area (Å²) in [5.41, 5.74) is 3.63. The van der Waals surface area contributed by atoms with E-state index >= 15 is 0 Å². The summed E-state index contributed by atoms with van der Waals surface area (Å²) in [5, 5.41) is 3.45. The van der Waals surface area contributed by atoms with Crippen LogP contribution in [0.2, 0.25) is 0 Å². The molecule has 0 spiro atoms. The van der Waals surface area contributed by atoms with Gasteiger partial charge in [-0.2, -0.15) is 0 Å². The van der Waals surface area contributed by atoms with E-state index in [9.17, 15) is 0 Å². The van der Waals surface area contributed by atoms with Crippen molar-refractivity contribution in [2.75, 3.05) is 18.4 Å². The Hall–Kier alpha value is -2.66. The maximum Gasteiger partial charge on any atom is 0.125 e. The molecule has 5 heteroatoms. The van der Waals surface area contributed by atoms with Crippen molar-refractivity contribution >= 4 is 5.82 Å². The van der Waals surface area contributed by atoms with Crippen molar-refractivity contribution in [3.8, 4) is 0 Å². The van der Waals surface area contributed by atoms with Crippen LogP contribution in [-0.4, -0.2) is 32.5 Å². The van der Waals surface area contributed by atoms with Crippen LogP contribution in [0.1, 0.15) is 23.5 Å². The van der Waals surface area contributed by atoms with Crippen LogP contribution in [0.5, 0.6) is 0 Å². The SMILES string of the molecule is Cc1cccc(CN2Cc3cccn3C[C@H](CCNc3ccccn3)C2)n1. The fraction of sp³-hybridized carbons (Fsp3) is 0.364. The Morgan fingerprint density at radius 3 is 2.89 bits per heavy atom. The third-order valence-corrected chi connectivity index (χ3v) is 5.14. The van der Waals surface area contributed by atoms with Crippen LogP contribution in [0, 0.1) is 12.8 Å². The first-order valence-electron chi connectivity index (χ1n) is 9.70. The second-order valence-electron chi connectivity index (χ2n) is 7.39. The molecule has 4 heterocycles. The number of nitrogens with one attached hydrogen (secondary N) is 1. The van der Waals surface area contributed by atoms with Gasteiger partial charge in [0.05, 0.1) is 5.69 Å².